The number of nitrogens with zero attached hydrogens (tertiary/aromatic N) is 1. The normalized spacial score (nSPS) is 15.7. The molecule has 1 atom stereocenters. The van der Waals surface area contributed by atoms with Crippen LogP contribution < -0.4 is 0 Å². The molecule has 1 aliphatic heterocycles. The molecule has 18 heavy (non-hydrogen) atoms. The number of benzene rings is 1. The van der Waals surface area contributed by atoms with Crippen LogP contribution in [0.3, 0.4) is 0 Å². The maximum absolute atomic E-state index is 12.0. The number of rotatable bonds is 5. The Morgan fingerprint density at radius 2 is 1.78 bits per heavy atom. The van der Waals surface area contributed by atoms with Crippen LogP contribution in [0.1, 0.15) is 33.6 Å². The number of aliphatic hydroxyl groups is 1. The van der Waals surface area contributed by atoms with Crippen LogP contribution in [0.2, 0.25) is 0 Å². The van der Waals surface area contributed by atoms with E-state index < -0.39 is 6.10 Å². The molecule has 0 unspecified atom stereocenters. The molecule has 0 saturated heterocycles. The van der Waals surface area contributed by atoms with Gasteiger partial charge in [-0.3, -0.25) is 14.5 Å². The van der Waals surface area contributed by atoms with Crippen molar-refractivity contribution < 1.29 is 14.7 Å². The second kappa shape index (κ2) is 5.14. The molecule has 4 heteroatoms. The fourth-order valence-corrected chi connectivity index (χ4v) is 2.03. The van der Waals surface area contributed by atoms with E-state index in [1.165, 1.54) is 4.90 Å². The predicted octanol–water partition coefficient (Wildman–Crippen LogP) is 1.61. The topological polar surface area (TPSA) is 57.6 Å². The number of amides is 2. The Hall–Kier alpha value is -1.94. The first-order chi connectivity index (χ1) is 8.65. The van der Waals surface area contributed by atoms with Gasteiger partial charge in [0, 0.05) is 6.54 Å². The van der Waals surface area contributed by atoms with Crippen LogP contribution in [0.5, 0.6) is 0 Å². The summed E-state index contributed by atoms with van der Waals surface area (Å²) in [5.41, 5.74) is 0.890. The molecule has 0 aromatic heterocycles. The summed E-state index contributed by atoms with van der Waals surface area (Å²) in [5, 5.41) is 9.58. The molecular formula is C14H15NO3. The van der Waals surface area contributed by atoms with Gasteiger partial charge in [-0.1, -0.05) is 18.2 Å². The fourth-order valence-electron chi connectivity index (χ4n) is 2.03. The van der Waals surface area contributed by atoms with Gasteiger partial charge in [0.25, 0.3) is 11.8 Å². The van der Waals surface area contributed by atoms with Gasteiger partial charge < -0.3 is 5.11 Å². The standard InChI is InChI=1S/C14H15NO3/c1-2-5-10(16)8-9-15-13(17)11-6-3-4-7-12(11)14(15)18/h2-4,6-7,10,16H,1,5,8-9H2/t10-/m0/s1. The van der Waals surface area contributed by atoms with Crippen LogP contribution in [0.4, 0.5) is 0 Å². The lowest BCUT2D eigenvalue weighted by atomic mass is 10.1. The van der Waals surface area contributed by atoms with Crippen LogP contribution in [-0.4, -0.2) is 34.5 Å². The number of fused-ring (bicyclic) bond motifs is 1. The lowest BCUT2D eigenvalue weighted by molar-refractivity contribution is 0.0624. The van der Waals surface area contributed by atoms with E-state index in [2.05, 4.69) is 6.58 Å². The minimum absolute atomic E-state index is 0.237. The lowest BCUT2D eigenvalue weighted by Crippen LogP contribution is -2.32. The van der Waals surface area contributed by atoms with Crippen LogP contribution >= 0.6 is 0 Å². The largest absolute Gasteiger partial charge is 0.393 e. The monoisotopic (exact) mass is 245 g/mol. The zero-order valence-electron chi connectivity index (χ0n) is 10.0. The first kappa shape index (κ1) is 12.5. The fraction of sp³-hybridized carbons (Fsp3) is 0.286. The Morgan fingerprint density at radius 1 is 1.22 bits per heavy atom. The smallest absolute Gasteiger partial charge is 0.261 e. The maximum atomic E-state index is 12.0. The van der Waals surface area contributed by atoms with E-state index in [4.69, 9.17) is 0 Å². The van der Waals surface area contributed by atoms with Crippen molar-refractivity contribution in [1.29, 1.82) is 0 Å². The molecule has 0 fully saturated rings. The number of hydrogen-bond acceptors (Lipinski definition) is 3. The van der Waals surface area contributed by atoms with Crippen molar-refractivity contribution in [2.75, 3.05) is 6.54 Å². The number of carbonyl (C=O) groups excluding carboxylic acids is 2. The average Bonchev–Trinajstić information content (AvgIpc) is 2.61. The van der Waals surface area contributed by atoms with Gasteiger partial charge in [0.1, 0.15) is 0 Å². The van der Waals surface area contributed by atoms with Crippen molar-refractivity contribution in [3.63, 3.8) is 0 Å². The van der Waals surface area contributed by atoms with Crippen molar-refractivity contribution in [1.82, 2.24) is 4.90 Å². The van der Waals surface area contributed by atoms with Crippen molar-refractivity contribution >= 4 is 11.8 Å². The van der Waals surface area contributed by atoms with Crippen molar-refractivity contribution in [2.24, 2.45) is 0 Å². The zero-order chi connectivity index (χ0) is 13.1. The summed E-state index contributed by atoms with van der Waals surface area (Å²) in [6.07, 6.45) is 1.89. The summed E-state index contributed by atoms with van der Waals surface area (Å²) < 4.78 is 0. The van der Waals surface area contributed by atoms with Gasteiger partial charge >= 0.3 is 0 Å². The molecule has 0 saturated carbocycles. The highest BCUT2D eigenvalue weighted by Crippen LogP contribution is 2.22. The first-order valence-corrected chi connectivity index (χ1v) is 5.89. The highest BCUT2D eigenvalue weighted by Gasteiger charge is 2.34. The molecule has 4 nitrogen and oxygen atoms in total. The molecule has 2 rings (SSSR count). The van der Waals surface area contributed by atoms with Crippen LogP contribution in [-0.2, 0) is 0 Å². The third-order valence-electron chi connectivity index (χ3n) is 3.00. The molecule has 0 radical (unpaired) electrons. The zero-order valence-corrected chi connectivity index (χ0v) is 10.0. The van der Waals surface area contributed by atoms with Gasteiger partial charge in [0.2, 0.25) is 0 Å². The van der Waals surface area contributed by atoms with Gasteiger partial charge in [-0.2, -0.15) is 0 Å². The Kier molecular flexibility index (Phi) is 3.58. The quantitative estimate of drug-likeness (QED) is 0.633. The Labute approximate surface area is 106 Å². The summed E-state index contributed by atoms with van der Waals surface area (Å²) in [7, 11) is 0. The van der Waals surface area contributed by atoms with E-state index in [0.717, 1.165) is 0 Å². The predicted molar refractivity (Wildman–Crippen MR) is 67.2 cm³/mol. The Bertz CT molecular complexity index is 461. The minimum atomic E-state index is -0.563. The van der Waals surface area contributed by atoms with E-state index >= 15 is 0 Å². The first-order valence-electron chi connectivity index (χ1n) is 5.89. The molecule has 1 heterocycles. The van der Waals surface area contributed by atoms with Crippen LogP contribution in [0, 0.1) is 0 Å². The van der Waals surface area contributed by atoms with E-state index in [1.807, 2.05) is 0 Å². The molecule has 0 aliphatic carbocycles. The maximum Gasteiger partial charge on any atom is 0.261 e. The Morgan fingerprint density at radius 3 is 2.28 bits per heavy atom. The highest BCUT2D eigenvalue weighted by molar-refractivity contribution is 6.21. The molecule has 1 N–H and O–H groups in total. The number of imide groups is 1. The van der Waals surface area contributed by atoms with Gasteiger partial charge in [-0.25, -0.2) is 0 Å². The number of hydrogen-bond donors (Lipinski definition) is 1. The van der Waals surface area contributed by atoms with E-state index in [9.17, 15) is 14.7 Å². The molecular weight excluding hydrogens is 230 g/mol. The third-order valence-corrected chi connectivity index (χ3v) is 3.00. The Balaban J connectivity index is 2.07. The van der Waals surface area contributed by atoms with Gasteiger partial charge in [0.05, 0.1) is 17.2 Å². The minimum Gasteiger partial charge on any atom is -0.393 e. The summed E-state index contributed by atoms with van der Waals surface area (Å²) in [4.78, 5) is 25.2. The summed E-state index contributed by atoms with van der Waals surface area (Å²) >= 11 is 0. The number of carbonyl (C=O) groups is 2. The van der Waals surface area contributed by atoms with Gasteiger partial charge in [-0.05, 0) is 25.0 Å². The molecule has 94 valence electrons. The van der Waals surface area contributed by atoms with Crippen molar-refractivity contribution in [3.8, 4) is 0 Å². The van der Waals surface area contributed by atoms with Crippen molar-refractivity contribution in [3.05, 3.63) is 48.0 Å². The highest BCUT2D eigenvalue weighted by atomic mass is 16.3. The third kappa shape index (κ3) is 2.19. The van der Waals surface area contributed by atoms with Crippen molar-refractivity contribution in [2.45, 2.75) is 18.9 Å². The second-order valence-corrected chi connectivity index (χ2v) is 4.27. The number of aliphatic hydroxyl groups excluding tert-OH is 1. The summed E-state index contributed by atoms with van der Waals surface area (Å²) in [6.45, 7) is 3.77. The molecule has 0 bridgehead atoms. The van der Waals surface area contributed by atoms with E-state index in [1.54, 1.807) is 30.3 Å². The van der Waals surface area contributed by atoms with E-state index in [0.29, 0.717) is 24.0 Å². The molecule has 1 aliphatic rings. The SMILES string of the molecule is C=CC[C@H](O)CCN1C(=O)c2ccccc2C1=O. The molecule has 2 amide bonds. The summed E-state index contributed by atoms with van der Waals surface area (Å²) in [5.74, 6) is -0.553. The molecule has 0 spiro atoms. The van der Waals surface area contributed by atoms with Gasteiger partial charge in [-0.15, -0.1) is 6.58 Å². The van der Waals surface area contributed by atoms with E-state index in [-0.39, 0.29) is 18.4 Å². The molecule has 1 aromatic rings. The average molecular weight is 245 g/mol. The van der Waals surface area contributed by atoms with Crippen LogP contribution in [0.25, 0.3) is 0 Å². The second-order valence-electron chi connectivity index (χ2n) is 4.27. The lowest BCUT2D eigenvalue weighted by Gasteiger charge is -2.15. The van der Waals surface area contributed by atoms with Gasteiger partial charge in [0.15, 0.2) is 0 Å². The van der Waals surface area contributed by atoms with Crippen LogP contribution in [0.15, 0.2) is 36.9 Å². The summed E-state index contributed by atoms with van der Waals surface area (Å²) in [6, 6.07) is 6.77. The molecule has 1 aromatic carbocycles.